The van der Waals surface area contributed by atoms with E-state index in [4.69, 9.17) is 9.47 Å². The van der Waals surface area contributed by atoms with Crippen molar-refractivity contribution < 1.29 is 9.47 Å². The monoisotopic (exact) mass is 1030 g/mol. The first-order chi connectivity index (χ1) is 40.4. The Kier molecular flexibility index (Phi) is 3.42. The van der Waals surface area contributed by atoms with Crippen LogP contribution in [0.4, 0.5) is 0 Å². The number of methoxy groups -OCH3 is 1. The van der Waals surface area contributed by atoms with Gasteiger partial charge in [-0.1, -0.05) is 43.4 Å². The topological polar surface area (TPSA) is 18.5 Å². The largest absolute Gasteiger partial charge is 0.497 e. The van der Waals surface area contributed by atoms with E-state index in [9.17, 15) is 0 Å². The van der Waals surface area contributed by atoms with Crippen LogP contribution in [-0.4, -0.2) is 21.3 Å². The van der Waals surface area contributed by atoms with E-state index in [0.29, 0.717) is 0 Å². The zero-order valence-corrected chi connectivity index (χ0v) is 45.2. The van der Waals surface area contributed by atoms with Gasteiger partial charge in [0.2, 0.25) is 0 Å². The standard InChI is InChI=1S/C79H26O2Si/c1-15(2)81-18-8-6-7-9-19(18)82(4,5)14-78-72-64-55-48-35-28-22-23-25-21-20-24(22)33(35)39-37-26(20)30-27(21)38-40-34(25)36-29(23)32-31(28)42-50-43(32)52-49(36)56-54(40)58-45(38)47-41(30)46-44(37)57(53(39)55)68(72)70-59(46)60(47)71-69(58)73-65(56)62(52)67-63(50)66(61(64)51(42)48)74(78)76(67)79(73,77(71)75(70)78)16-10-12-17(80-3)13-11-16/h6-13,15H,14H2,1-5H3. The molecule has 29 aromatic rings. The second-order valence-corrected chi connectivity index (χ2v) is 34.5. The summed E-state index contributed by atoms with van der Waals surface area (Å²) in [4.78, 5) is 0. The number of ether oxygens (including phenoxy) is 2. The van der Waals surface area contributed by atoms with Crippen molar-refractivity contribution >= 4 is 293 Å². The van der Waals surface area contributed by atoms with Gasteiger partial charge in [0.05, 0.1) is 26.7 Å². The summed E-state index contributed by atoms with van der Waals surface area (Å²) in [5, 5.41) is 86.8. The maximum atomic E-state index is 7.03. The molecule has 2 unspecified atom stereocenters. The summed E-state index contributed by atoms with van der Waals surface area (Å²) in [5.41, 5.74) is 10.7. The molecule has 0 aliphatic heterocycles. The normalized spacial score (nSPS) is 20.5. The molecule has 34 rings (SSSR count). The van der Waals surface area contributed by atoms with Gasteiger partial charge in [-0.05, 0) is 362 Å². The predicted molar refractivity (Wildman–Crippen MR) is 348 cm³/mol. The minimum absolute atomic E-state index is 0.0861. The summed E-state index contributed by atoms with van der Waals surface area (Å²) in [6, 6.07) is 20.3. The Hall–Kier alpha value is -9.28. The Morgan fingerprint density at radius 1 is 0.317 bits per heavy atom. The van der Waals surface area contributed by atoms with Crippen molar-refractivity contribution in [3.05, 3.63) is 87.5 Å². The van der Waals surface area contributed by atoms with Crippen molar-refractivity contribution in [2.24, 2.45) is 0 Å². The van der Waals surface area contributed by atoms with E-state index in [1.807, 2.05) is 7.11 Å². The van der Waals surface area contributed by atoms with Crippen LogP contribution in [0, 0.1) is 0 Å². The highest BCUT2D eigenvalue weighted by Crippen LogP contribution is 2.85. The summed E-state index contributed by atoms with van der Waals surface area (Å²) < 4.78 is 13.2. The van der Waals surface area contributed by atoms with Gasteiger partial charge in [-0.3, -0.25) is 0 Å². The van der Waals surface area contributed by atoms with Gasteiger partial charge in [0.25, 0.3) is 0 Å². The van der Waals surface area contributed by atoms with Crippen molar-refractivity contribution in [2.75, 3.05) is 7.11 Å². The van der Waals surface area contributed by atoms with E-state index in [-0.39, 0.29) is 6.10 Å². The van der Waals surface area contributed by atoms with Gasteiger partial charge in [-0.15, -0.1) is 0 Å². The van der Waals surface area contributed by atoms with E-state index < -0.39 is 18.9 Å². The van der Waals surface area contributed by atoms with E-state index in [2.05, 4.69) is 75.5 Å². The van der Waals surface area contributed by atoms with Crippen LogP contribution in [0.5, 0.6) is 11.5 Å². The molecular weight excluding hydrogens is 1010 g/mol. The second kappa shape index (κ2) is 8.23. The summed E-state index contributed by atoms with van der Waals surface area (Å²) in [5.74, 6) is 2.04. The third-order valence-electron chi connectivity index (χ3n) is 27.6. The van der Waals surface area contributed by atoms with Crippen molar-refractivity contribution in [3.8, 4) is 11.5 Å². The average molecular weight is 1040 g/mol. The third-order valence-corrected chi connectivity index (χ3v) is 30.9. The van der Waals surface area contributed by atoms with Gasteiger partial charge < -0.3 is 9.47 Å². The molecule has 0 saturated carbocycles. The quantitative estimate of drug-likeness (QED) is 0.117. The lowest BCUT2D eigenvalue weighted by Crippen LogP contribution is -2.51. The second-order valence-electron chi connectivity index (χ2n) is 29.9. The first kappa shape index (κ1) is 34.1. The van der Waals surface area contributed by atoms with E-state index >= 15 is 0 Å². The van der Waals surface area contributed by atoms with Crippen LogP contribution < -0.4 is 14.7 Å². The summed E-state index contributed by atoms with van der Waals surface area (Å²) >= 11 is 0. The van der Waals surface area contributed by atoms with Gasteiger partial charge in [0.15, 0.2) is 0 Å². The Balaban J connectivity index is 1.05. The van der Waals surface area contributed by atoms with Crippen LogP contribution in [0.3, 0.4) is 0 Å². The number of benzene rings is 19. The fourth-order valence-electron chi connectivity index (χ4n) is 27.1. The molecule has 358 valence electrons. The highest BCUT2D eigenvalue weighted by molar-refractivity contribution is 6.91. The first-order valence-corrected chi connectivity index (χ1v) is 33.8. The van der Waals surface area contributed by atoms with E-state index in [1.165, 1.54) is 10.8 Å². The molecule has 0 N–H and O–H groups in total. The molecule has 82 heavy (non-hydrogen) atoms. The molecule has 2 nitrogen and oxygen atoms in total. The van der Waals surface area contributed by atoms with E-state index in [0.717, 1.165) is 17.5 Å². The molecule has 0 saturated heterocycles. The molecule has 3 heteroatoms. The number of hydrogen-bond acceptors (Lipinski definition) is 2. The SMILES string of the molecule is COc1ccc(C23c4c5c6c7c8c9c%10c%11c(c2c2c%12c3c3c%13c4c6c4c6c7c7c8c8c%10c%10c%14c%11c2c2c%11c%12c%12c3c3c%13c4c4c6c6c7c7c8c%10c8c(c%142)c2c%11c%12c%10c3c4c3c%10c2c8c7c63)C59C[Si](C)(C)c2ccccc2OC(C)C)cc1. The highest BCUT2D eigenvalue weighted by atomic mass is 28.3. The third kappa shape index (κ3) is 2.07. The van der Waals surface area contributed by atoms with Crippen LogP contribution in [0.25, 0.3) is 280 Å². The van der Waals surface area contributed by atoms with Crippen LogP contribution in [0.1, 0.15) is 52.8 Å². The Morgan fingerprint density at radius 2 is 0.585 bits per heavy atom. The fraction of sp³-hybridized carbons (Fsp3) is 0.114. The zero-order valence-electron chi connectivity index (χ0n) is 44.2. The Morgan fingerprint density at radius 3 is 0.951 bits per heavy atom. The molecule has 0 spiro atoms. The van der Waals surface area contributed by atoms with Gasteiger partial charge in [-0.25, -0.2) is 0 Å². The molecule has 2 atom stereocenters. The molecule has 29 aromatic carbocycles. The predicted octanol–water partition coefficient (Wildman–Crippen LogP) is 20.4. The molecule has 0 bridgehead atoms. The van der Waals surface area contributed by atoms with Crippen LogP contribution in [0.15, 0.2) is 48.5 Å². The number of para-hydroxylation sites is 1. The summed E-state index contributed by atoms with van der Waals surface area (Å²) in [6.45, 7) is 9.97. The number of rotatable bonds is 7. The lowest BCUT2D eigenvalue weighted by atomic mass is 9.52. The molecule has 0 heterocycles. The van der Waals surface area contributed by atoms with Gasteiger partial charge in [0, 0.05) is 5.41 Å². The lowest BCUT2D eigenvalue weighted by Gasteiger charge is -2.51. The molecule has 0 fully saturated rings. The molecular formula is C79H26O2Si. The minimum Gasteiger partial charge on any atom is -0.497 e. The molecule has 0 radical (unpaired) electrons. The van der Waals surface area contributed by atoms with Crippen molar-refractivity contribution in [1.29, 1.82) is 0 Å². The average Bonchev–Trinajstić information content (AvgIpc) is 1.39. The van der Waals surface area contributed by atoms with Gasteiger partial charge >= 0.3 is 0 Å². The summed E-state index contributed by atoms with van der Waals surface area (Å²) in [6.07, 6.45) is 0.0861. The van der Waals surface area contributed by atoms with Crippen molar-refractivity contribution in [3.63, 3.8) is 0 Å². The molecule has 5 aliphatic rings. The Labute approximate surface area is 456 Å². The minimum atomic E-state index is -2.54. The molecule has 0 amide bonds. The summed E-state index contributed by atoms with van der Waals surface area (Å²) in [7, 11) is -0.680. The number of hydrogen-bond donors (Lipinski definition) is 0. The highest BCUT2D eigenvalue weighted by Gasteiger charge is 2.68. The van der Waals surface area contributed by atoms with Crippen LogP contribution >= 0.6 is 0 Å². The molecule has 0 aromatic heterocycles. The fourth-order valence-corrected chi connectivity index (χ4v) is 30.5. The first-order valence-electron chi connectivity index (χ1n) is 30.6. The lowest BCUT2D eigenvalue weighted by molar-refractivity contribution is 0.244. The van der Waals surface area contributed by atoms with Crippen molar-refractivity contribution in [1.82, 2.24) is 0 Å². The van der Waals surface area contributed by atoms with Crippen LogP contribution in [0.2, 0.25) is 19.1 Å². The Bertz CT molecular complexity index is 8060. The maximum absolute atomic E-state index is 7.03. The molecule has 5 aliphatic carbocycles. The van der Waals surface area contributed by atoms with E-state index in [1.54, 1.807) is 313 Å². The van der Waals surface area contributed by atoms with Crippen LogP contribution in [-0.2, 0) is 10.8 Å². The smallest absolute Gasteiger partial charge is 0.118 e. The van der Waals surface area contributed by atoms with Gasteiger partial charge in [-0.2, -0.15) is 0 Å². The zero-order chi connectivity index (χ0) is 50.7. The maximum Gasteiger partial charge on any atom is 0.118 e. The van der Waals surface area contributed by atoms with Crippen molar-refractivity contribution in [2.45, 2.75) is 49.9 Å². The van der Waals surface area contributed by atoms with Gasteiger partial charge in [0.1, 0.15) is 11.5 Å².